The fourth-order valence-corrected chi connectivity index (χ4v) is 4.91. The molecule has 0 saturated heterocycles. The molecule has 1 aromatic heterocycles. The molecule has 0 fully saturated rings. The Labute approximate surface area is 195 Å². The van der Waals surface area contributed by atoms with Crippen molar-refractivity contribution in [2.45, 2.75) is 25.2 Å². The van der Waals surface area contributed by atoms with Gasteiger partial charge in [0.05, 0.1) is 30.7 Å². The largest absolute Gasteiger partial charge is 0.497 e. The third-order valence-corrected chi connectivity index (χ3v) is 6.81. The summed E-state index contributed by atoms with van der Waals surface area (Å²) in [4.78, 5) is 28.5. The third kappa shape index (κ3) is 6.30. The number of hydrogen-bond acceptors (Lipinski definition) is 8. The molecule has 0 bridgehead atoms. The Balaban J connectivity index is 1.75. The van der Waals surface area contributed by atoms with E-state index in [0.717, 1.165) is 11.3 Å². The zero-order valence-electron chi connectivity index (χ0n) is 18.2. The summed E-state index contributed by atoms with van der Waals surface area (Å²) in [5.41, 5.74) is 1.47. The van der Waals surface area contributed by atoms with Crippen LogP contribution in [0.15, 0.2) is 52.7 Å². The van der Waals surface area contributed by atoms with Gasteiger partial charge >= 0.3 is 5.97 Å². The number of thiazole rings is 1. The molecule has 1 heterocycles. The van der Waals surface area contributed by atoms with E-state index in [-0.39, 0.29) is 23.5 Å². The van der Waals surface area contributed by atoms with E-state index in [4.69, 9.17) is 9.47 Å². The number of sulfonamides is 1. The molecule has 174 valence electrons. The molecule has 9 nitrogen and oxygen atoms in total. The van der Waals surface area contributed by atoms with Crippen LogP contribution in [0, 0.1) is 6.92 Å². The smallest absolute Gasteiger partial charge is 0.311 e. The first-order valence-electron chi connectivity index (χ1n) is 9.90. The number of esters is 1. The van der Waals surface area contributed by atoms with Crippen LogP contribution < -0.4 is 14.8 Å². The van der Waals surface area contributed by atoms with Gasteiger partial charge in [-0.2, -0.15) is 0 Å². The summed E-state index contributed by atoms with van der Waals surface area (Å²) < 4.78 is 38.3. The van der Waals surface area contributed by atoms with Crippen molar-refractivity contribution in [2.24, 2.45) is 0 Å². The molecule has 0 unspecified atom stereocenters. The Morgan fingerprint density at radius 2 is 1.85 bits per heavy atom. The predicted molar refractivity (Wildman–Crippen MR) is 125 cm³/mol. The Hall–Kier alpha value is -3.44. The molecular formula is C22H23N3O6S2. The number of benzene rings is 2. The average molecular weight is 490 g/mol. The minimum atomic E-state index is -3.94. The lowest BCUT2D eigenvalue weighted by atomic mass is 10.1. The number of aryl methyl sites for hydroxylation is 1. The zero-order chi connectivity index (χ0) is 24.0. The molecule has 3 aromatic rings. The molecule has 0 spiro atoms. The van der Waals surface area contributed by atoms with E-state index in [9.17, 15) is 18.0 Å². The van der Waals surface area contributed by atoms with E-state index in [1.54, 1.807) is 49.6 Å². The summed E-state index contributed by atoms with van der Waals surface area (Å²) in [6.07, 6.45) is 0.00413. The maximum atomic E-state index is 12.9. The number of rotatable bonds is 9. The van der Waals surface area contributed by atoms with Gasteiger partial charge in [0.1, 0.15) is 5.75 Å². The molecule has 0 aliphatic rings. The fourth-order valence-electron chi connectivity index (χ4n) is 2.87. The van der Waals surface area contributed by atoms with E-state index in [1.165, 1.54) is 19.2 Å². The summed E-state index contributed by atoms with van der Waals surface area (Å²) in [6.45, 7) is 3.64. The van der Waals surface area contributed by atoms with E-state index < -0.39 is 21.9 Å². The van der Waals surface area contributed by atoms with E-state index in [2.05, 4.69) is 15.0 Å². The quantitative estimate of drug-likeness (QED) is 0.440. The molecule has 0 aliphatic heterocycles. The van der Waals surface area contributed by atoms with Crippen molar-refractivity contribution < 1.29 is 27.5 Å². The van der Waals surface area contributed by atoms with Crippen molar-refractivity contribution in [3.8, 4) is 5.75 Å². The minimum Gasteiger partial charge on any atom is -0.497 e. The van der Waals surface area contributed by atoms with Crippen LogP contribution >= 0.6 is 11.3 Å². The molecule has 2 aromatic carbocycles. The molecule has 2 N–H and O–H groups in total. The molecular weight excluding hydrogens is 466 g/mol. The molecule has 0 atom stereocenters. The van der Waals surface area contributed by atoms with Crippen LogP contribution in [0.4, 0.5) is 10.8 Å². The zero-order valence-corrected chi connectivity index (χ0v) is 19.9. The number of aromatic nitrogens is 1. The lowest BCUT2D eigenvalue weighted by molar-refractivity contribution is -0.142. The summed E-state index contributed by atoms with van der Waals surface area (Å²) in [7, 11) is -2.42. The Kier molecular flexibility index (Phi) is 7.67. The molecule has 0 aliphatic carbocycles. The minimum absolute atomic E-state index is 0.00413. The van der Waals surface area contributed by atoms with E-state index >= 15 is 0 Å². The number of anilines is 2. The number of carbonyl (C=O) groups is 2. The highest BCUT2D eigenvalue weighted by Crippen LogP contribution is 2.23. The van der Waals surface area contributed by atoms with Gasteiger partial charge in [-0.25, -0.2) is 13.4 Å². The number of ether oxygens (including phenoxy) is 2. The first kappa shape index (κ1) is 24.2. The second-order valence-corrected chi connectivity index (χ2v) is 9.40. The van der Waals surface area contributed by atoms with E-state index in [1.807, 2.05) is 0 Å². The summed E-state index contributed by atoms with van der Waals surface area (Å²) >= 11 is 1.16. The number of carbonyl (C=O) groups excluding carboxylic acids is 2. The van der Waals surface area contributed by atoms with Crippen LogP contribution in [0.1, 0.15) is 28.5 Å². The van der Waals surface area contributed by atoms with Crippen LogP contribution in [-0.2, 0) is 26.0 Å². The normalized spacial score (nSPS) is 11.0. The summed E-state index contributed by atoms with van der Waals surface area (Å²) in [5.74, 6) is -0.327. The van der Waals surface area contributed by atoms with Gasteiger partial charge in [-0.05, 0) is 55.8 Å². The van der Waals surface area contributed by atoms with Crippen molar-refractivity contribution in [3.05, 3.63) is 64.7 Å². The fraction of sp³-hybridized carbons (Fsp3) is 0.227. The molecule has 33 heavy (non-hydrogen) atoms. The number of nitrogens with zero attached hydrogens (tertiary/aromatic N) is 1. The van der Waals surface area contributed by atoms with Crippen LogP contribution in [0.5, 0.6) is 5.75 Å². The molecule has 1 amide bonds. The van der Waals surface area contributed by atoms with Crippen LogP contribution in [0.25, 0.3) is 0 Å². The number of nitrogens with one attached hydrogen (secondary N) is 2. The monoisotopic (exact) mass is 489 g/mol. The first-order valence-corrected chi connectivity index (χ1v) is 12.3. The number of methoxy groups -OCH3 is 1. The van der Waals surface area contributed by atoms with Crippen molar-refractivity contribution in [2.75, 3.05) is 23.8 Å². The number of hydrogen-bond donors (Lipinski definition) is 2. The summed E-state index contributed by atoms with van der Waals surface area (Å²) in [6, 6.07) is 10.8. The van der Waals surface area contributed by atoms with Gasteiger partial charge in [-0.3, -0.25) is 19.6 Å². The second-order valence-electron chi connectivity index (χ2n) is 6.89. The lowest BCUT2D eigenvalue weighted by Crippen LogP contribution is -2.17. The standard InChI is InChI=1S/C22H23N3O6S2/c1-4-31-20(26)12-17-13-32-22(23-17)24-21(27)15-6-5-14(2)19(11-15)33(28,29)25-16-7-9-18(30-3)10-8-16/h5-11,13,25H,4,12H2,1-3H3,(H,23,24,27). The van der Waals surface area contributed by atoms with Crippen molar-refractivity contribution >= 4 is 44.1 Å². The second kappa shape index (κ2) is 10.5. The Morgan fingerprint density at radius 3 is 2.52 bits per heavy atom. The van der Waals surface area contributed by atoms with Crippen molar-refractivity contribution in [1.82, 2.24) is 4.98 Å². The lowest BCUT2D eigenvalue weighted by Gasteiger charge is -2.12. The maximum absolute atomic E-state index is 12.9. The van der Waals surface area contributed by atoms with Gasteiger partial charge in [0, 0.05) is 16.6 Å². The van der Waals surface area contributed by atoms with Gasteiger partial charge in [0.25, 0.3) is 15.9 Å². The molecule has 0 radical (unpaired) electrons. The Bertz CT molecular complexity index is 1250. The highest BCUT2D eigenvalue weighted by molar-refractivity contribution is 7.92. The first-order chi connectivity index (χ1) is 15.7. The molecule has 11 heteroatoms. The van der Waals surface area contributed by atoms with Gasteiger partial charge in [0.2, 0.25) is 0 Å². The van der Waals surface area contributed by atoms with Crippen LogP contribution in [0.3, 0.4) is 0 Å². The maximum Gasteiger partial charge on any atom is 0.311 e. The van der Waals surface area contributed by atoms with Crippen LogP contribution in [-0.4, -0.2) is 39.0 Å². The van der Waals surface area contributed by atoms with Crippen LogP contribution in [0.2, 0.25) is 0 Å². The van der Waals surface area contributed by atoms with Crippen molar-refractivity contribution in [1.29, 1.82) is 0 Å². The SMILES string of the molecule is CCOC(=O)Cc1csc(NC(=O)c2ccc(C)c(S(=O)(=O)Nc3ccc(OC)cc3)c2)n1. The van der Waals surface area contributed by atoms with Gasteiger partial charge in [0.15, 0.2) is 5.13 Å². The van der Waals surface area contributed by atoms with Gasteiger partial charge < -0.3 is 9.47 Å². The Morgan fingerprint density at radius 1 is 1.12 bits per heavy atom. The third-order valence-electron chi connectivity index (χ3n) is 4.49. The molecule has 3 rings (SSSR count). The van der Waals surface area contributed by atoms with Crippen molar-refractivity contribution in [3.63, 3.8) is 0 Å². The topological polar surface area (TPSA) is 124 Å². The highest BCUT2D eigenvalue weighted by atomic mass is 32.2. The number of amides is 1. The summed E-state index contributed by atoms with van der Waals surface area (Å²) in [5, 5.41) is 4.57. The van der Waals surface area contributed by atoms with E-state index in [0.29, 0.717) is 27.8 Å². The average Bonchev–Trinajstić information content (AvgIpc) is 3.20. The molecule has 0 saturated carbocycles. The predicted octanol–water partition coefficient (Wildman–Crippen LogP) is 3.62. The van der Waals surface area contributed by atoms with Gasteiger partial charge in [-0.1, -0.05) is 6.07 Å². The highest BCUT2D eigenvalue weighted by Gasteiger charge is 2.20. The van der Waals surface area contributed by atoms with Gasteiger partial charge in [-0.15, -0.1) is 11.3 Å².